The molecule has 1 fully saturated rings. The minimum Gasteiger partial charge on any atom is -0.481 e. The Hall–Kier alpha value is -2.26. The van der Waals surface area contributed by atoms with E-state index in [-0.39, 0.29) is 24.1 Å². The van der Waals surface area contributed by atoms with Crippen LogP contribution in [0.25, 0.3) is 0 Å². The van der Waals surface area contributed by atoms with Crippen molar-refractivity contribution in [3.05, 3.63) is 35.7 Å². The first-order chi connectivity index (χ1) is 12.4. The molecule has 0 aliphatic carbocycles. The second-order valence-corrected chi connectivity index (χ2v) is 6.27. The van der Waals surface area contributed by atoms with Gasteiger partial charge in [0.1, 0.15) is 5.75 Å². The summed E-state index contributed by atoms with van der Waals surface area (Å²) in [4.78, 5) is 16.7. The molecule has 2 heterocycles. The highest BCUT2D eigenvalue weighted by molar-refractivity contribution is 5.92. The van der Waals surface area contributed by atoms with E-state index in [0.29, 0.717) is 11.8 Å². The summed E-state index contributed by atoms with van der Waals surface area (Å²) in [5.41, 5.74) is 0. The lowest BCUT2D eigenvalue weighted by Crippen LogP contribution is -2.31. The smallest absolute Gasteiger partial charge is 0.267 e. The molecule has 27 heavy (non-hydrogen) atoms. The Balaban J connectivity index is 0.00000261. The third-order valence-electron chi connectivity index (χ3n) is 4.29. The second-order valence-electron chi connectivity index (χ2n) is 6.27. The van der Waals surface area contributed by atoms with Gasteiger partial charge in [-0.1, -0.05) is 0 Å². The van der Waals surface area contributed by atoms with Crippen LogP contribution >= 0.6 is 12.4 Å². The number of halogens is 3. The van der Waals surface area contributed by atoms with Gasteiger partial charge < -0.3 is 10.1 Å². The Bertz CT molecular complexity index is 796. The quantitative estimate of drug-likeness (QED) is 0.804. The maximum absolute atomic E-state index is 13.2. The monoisotopic (exact) mass is 401 g/mol. The number of hydrogen-bond acceptors (Lipinski definition) is 5. The average molecular weight is 402 g/mol. The topological polar surface area (TPSA) is 81.1 Å². The van der Waals surface area contributed by atoms with Gasteiger partial charge in [0.25, 0.3) is 5.91 Å². The molecule has 0 spiro atoms. The number of amides is 1. The number of carbonyl (C=O) groups excluding carboxylic acids is 1. The zero-order valence-corrected chi connectivity index (χ0v) is 15.9. The molecule has 2 N–H and O–H groups in total. The molecule has 1 aromatic heterocycles. The van der Waals surface area contributed by atoms with E-state index in [1.165, 1.54) is 17.7 Å². The molecule has 0 bridgehead atoms. The normalized spacial score (nSPS) is 15.7. The van der Waals surface area contributed by atoms with Gasteiger partial charge in [-0.2, -0.15) is 10.1 Å². The molecule has 1 amide bonds. The summed E-state index contributed by atoms with van der Waals surface area (Å²) in [5.74, 6) is -1.09. The van der Waals surface area contributed by atoms with E-state index >= 15 is 0 Å². The van der Waals surface area contributed by atoms with Gasteiger partial charge in [-0.05, 0) is 45.0 Å². The molecule has 1 aromatic carbocycles. The van der Waals surface area contributed by atoms with E-state index < -0.39 is 23.6 Å². The number of hydrogen-bond donors (Lipinski definition) is 2. The summed E-state index contributed by atoms with van der Waals surface area (Å²) in [7, 11) is 1.70. The van der Waals surface area contributed by atoms with Crippen molar-refractivity contribution in [1.82, 2.24) is 20.1 Å². The lowest BCUT2D eigenvalue weighted by atomic mass is 9.98. The van der Waals surface area contributed by atoms with Crippen LogP contribution in [0.4, 0.5) is 14.7 Å². The van der Waals surface area contributed by atoms with Crippen molar-refractivity contribution >= 4 is 24.3 Å². The summed E-state index contributed by atoms with van der Waals surface area (Å²) >= 11 is 0. The van der Waals surface area contributed by atoms with Crippen molar-refractivity contribution < 1.29 is 18.3 Å². The maximum atomic E-state index is 13.2. The van der Waals surface area contributed by atoms with E-state index in [1.54, 1.807) is 7.05 Å². The standard InChI is InChI=1S/C17H21F2N5O2.ClH/c1-10(26-12-3-4-13(18)14(19)9-12)16(25)22-17-21-15(23-24(17)2)11-5-7-20-8-6-11;/h3-4,9-11,20H,5-8H2,1-2H3,(H,21,22,23,25);1H. The van der Waals surface area contributed by atoms with E-state index in [1.807, 2.05) is 0 Å². The van der Waals surface area contributed by atoms with E-state index in [9.17, 15) is 13.6 Å². The molecule has 1 aliphatic heterocycles. The van der Waals surface area contributed by atoms with Crippen LogP contribution in [0.15, 0.2) is 18.2 Å². The molecule has 1 aliphatic rings. The van der Waals surface area contributed by atoms with Crippen LogP contribution in [-0.4, -0.2) is 39.9 Å². The summed E-state index contributed by atoms with van der Waals surface area (Å²) in [6.45, 7) is 3.36. The predicted molar refractivity (Wildman–Crippen MR) is 98.2 cm³/mol. The molecule has 148 valence electrons. The summed E-state index contributed by atoms with van der Waals surface area (Å²) in [5, 5.41) is 10.3. The fraction of sp³-hybridized carbons (Fsp3) is 0.471. The highest BCUT2D eigenvalue weighted by atomic mass is 35.5. The minimum absolute atomic E-state index is 0. The molecule has 1 unspecified atom stereocenters. The fourth-order valence-electron chi connectivity index (χ4n) is 2.79. The largest absolute Gasteiger partial charge is 0.481 e. The average Bonchev–Trinajstić information content (AvgIpc) is 2.99. The second kappa shape index (κ2) is 9.09. The van der Waals surface area contributed by atoms with E-state index in [4.69, 9.17) is 4.74 Å². The zero-order chi connectivity index (χ0) is 18.7. The highest BCUT2D eigenvalue weighted by Gasteiger charge is 2.23. The number of carbonyl (C=O) groups is 1. The number of piperidine rings is 1. The van der Waals surface area contributed by atoms with Crippen LogP contribution in [0.5, 0.6) is 5.75 Å². The molecule has 0 radical (unpaired) electrons. The molecule has 7 nitrogen and oxygen atoms in total. The molecule has 2 aromatic rings. The Morgan fingerprint density at radius 3 is 2.70 bits per heavy atom. The first-order valence-corrected chi connectivity index (χ1v) is 8.48. The Morgan fingerprint density at radius 2 is 2.04 bits per heavy atom. The summed E-state index contributed by atoms with van der Waals surface area (Å²) < 4.78 is 33.1. The van der Waals surface area contributed by atoms with Crippen LogP contribution in [0.3, 0.4) is 0 Å². The van der Waals surface area contributed by atoms with Crippen molar-refractivity contribution in [2.75, 3.05) is 18.4 Å². The Kier molecular flexibility index (Phi) is 7.09. The van der Waals surface area contributed by atoms with Crippen molar-refractivity contribution in [3.8, 4) is 5.75 Å². The number of anilines is 1. The van der Waals surface area contributed by atoms with Crippen molar-refractivity contribution in [3.63, 3.8) is 0 Å². The lowest BCUT2D eigenvalue weighted by Gasteiger charge is -2.19. The van der Waals surface area contributed by atoms with Crippen molar-refractivity contribution in [2.45, 2.75) is 31.8 Å². The molecule has 1 atom stereocenters. The van der Waals surface area contributed by atoms with E-state index in [0.717, 1.165) is 38.1 Å². The zero-order valence-electron chi connectivity index (χ0n) is 15.0. The minimum atomic E-state index is -1.03. The predicted octanol–water partition coefficient (Wildman–Crippen LogP) is 2.39. The third-order valence-corrected chi connectivity index (χ3v) is 4.29. The van der Waals surface area contributed by atoms with Gasteiger partial charge >= 0.3 is 0 Å². The maximum Gasteiger partial charge on any atom is 0.267 e. The van der Waals surface area contributed by atoms with Crippen LogP contribution in [-0.2, 0) is 11.8 Å². The molecule has 1 saturated heterocycles. The third kappa shape index (κ3) is 5.14. The number of nitrogens with zero attached hydrogens (tertiary/aromatic N) is 3. The number of benzene rings is 1. The Labute approximate surface area is 161 Å². The van der Waals surface area contributed by atoms with Gasteiger partial charge in [-0.3, -0.25) is 10.1 Å². The van der Waals surface area contributed by atoms with Crippen molar-refractivity contribution in [2.24, 2.45) is 7.05 Å². The van der Waals surface area contributed by atoms with Gasteiger partial charge in [0.05, 0.1) is 0 Å². The first kappa shape index (κ1) is 21.0. The van der Waals surface area contributed by atoms with E-state index in [2.05, 4.69) is 20.7 Å². The first-order valence-electron chi connectivity index (χ1n) is 8.48. The number of ether oxygens (including phenoxy) is 1. The molecular weight excluding hydrogens is 380 g/mol. The van der Waals surface area contributed by atoms with Gasteiger partial charge in [0, 0.05) is 19.0 Å². The van der Waals surface area contributed by atoms with Gasteiger partial charge in [0.2, 0.25) is 5.95 Å². The summed E-state index contributed by atoms with van der Waals surface area (Å²) in [6, 6.07) is 3.11. The van der Waals surface area contributed by atoms with Gasteiger partial charge in [-0.15, -0.1) is 12.4 Å². The van der Waals surface area contributed by atoms with Crippen LogP contribution in [0.1, 0.15) is 31.5 Å². The molecular formula is C17H22ClF2N5O2. The van der Waals surface area contributed by atoms with Gasteiger partial charge in [-0.25, -0.2) is 13.5 Å². The molecule has 10 heteroatoms. The fourth-order valence-corrected chi connectivity index (χ4v) is 2.79. The lowest BCUT2D eigenvalue weighted by molar-refractivity contribution is -0.122. The van der Waals surface area contributed by atoms with Crippen LogP contribution in [0, 0.1) is 11.6 Å². The Morgan fingerprint density at radius 1 is 1.33 bits per heavy atom. The van der Waals surface area contributed by atoms with Crippen LogP contribution in [0.2, 0.25) is 0 Å². The number of nitrogens with one attached hydrogen (secondary N) is 2. The van der Waals surface area contributed by atoms with Gasteiger partial charge in [0.15, 0.2) is 23.6 Å². The number of rotatable bonds is 5. The number of aromatic nitrogens is 3. The SMILES string of the molecule is CC(Oc1ccc(F)c(F)c1)C(=O)Nc1nc(C2CCNCC2)nn1C.Cl. The van der Waals surface area contributed by atoms with Crippen LogP contribution < -0.4 is 15.4 Å². The molecule has 0 saturated carbocycles. The van der Waals surface area contributed by atoms with Crippen molar-refractivity contribution in [1.29, 1.82) is 0 Å². The molecule has 3 rings (SSSR count). The highest BCUT2D eigenvalue weighted by Crippen LogP contribution is 2.23. The number of aryl methyl sites for hydroxylation is 1. The summed E-state index contributed by atoms with van der Waals surface area (Å²) in [6.07, 6.45) is 0.985.